The average Bonchev–Trinajstić information content (AvgIpc) is 2.59. The van der Waals surface area contributed by atoms with E-state index in [-0.39, 0.29) is 11.9 Å². The topological polar surface area (TPSA) is 76.1 Å². The van der Waals surface area contributed by atoms with E-state index in [0.29, 0.717) is 32.4 Å². The first-order valence-electron chi connectivity index (χ1n) is 8.32. The highest BCUT2D eigenvalue weighted by Gasteiger charge is 2.34. The number of piperidine rings is 1. The van der Waals surface area contributed by atoms with Crippen LogP contribution in [0.2, 0.25) is 0 Å². The zero-order valence-electron chi connectivity index (χ0n) is 14.2. The molecule has 0 bridgehead atoms. The normalized spacial score (nSPS) is 20.5. The molecule has 2 rings (SSSR count). The number of aliphatic carboxylic acids is 1. The fourth-order valence-electron chi connectivity index (χ4n) is 3.05. The quantitative estimate of drug-likeness (QED) is 0.775. The summed E-state index contributed by atoms with van der Waals surface area (Å²) in [5.74, 6) is 0.234. The molecular weight excluding hydrogens is 310 g/mol. The van der Waals surface area contributed by atoms with Crippen molar-refractivity contribution in [2.24, 2.45) is 5.92 Å². The fraction of sp³-hybridized carbons (Fsp3) is 0.556. The molecule has 6 nitrogen and oxygen atoms in total. The number of hydrogen-bond acceptors (Lipinski definition) is 4. The molecule has 6 heteroatoms. The molecule has 0 aliphatic carbocycles. The standard InChI is InChI=1S/C18H25NO5/c1-13-16(18(21)22)5-3-11-19(13)17(20)6-4-12-24-15-9-7-14(23-2)8-10-15/h7-10,13,16H,3-6,11-12H2,1-2H3,(H,21,22)/t13-,16-/m0/s1. The SMILES string of the molecule is COc1ccc(OCCCC(=O)N2CCC[C@H](C(=O)O)[C@@H]2C)cc1. The van der Waals surface area contributed by atoms with Crippen LogP contribution in [0.4, 0.5) is 0 Å². The number of likely N-dealkylation sites (tertiary alicyclic amines) is 1. The Bertz CT molecular complexity index is 557. The lowest BCUT2D eigenvalue weighted by molar-refractivity contribution is -0.149. The molecule has 1 aromatic rings. The molecular formula is C18H25NO5. The van der Waals surface area contributed by atoms with Crippen LogP contribution >= 0.6 is 0 Å². The maximum atomic E-state index is 12.3. The van der Waals surface area contributed by atoms with Gasteiger partial charge in [0.15, 0.2) is 0 Å². The molecule has 1 N–H and O–H groups in total. The van der Waals surface area contributed by atoms with E-state index in [9.17, 15) is 14.7 Å². The van der Waals surface area contributed by atoms with Crippen molar-refractivity contribution in [3.8, 4) is 11.5 Å². The van der Waals surface area contributed by atoms with E-state index >= 15 is 0 Å². The zero-order chi connectivity index (χ0) is 17.5. The van der Waals surface area contributed by atoms with Gasteiger partial charge in [-0.1, -0.05) is 0 Å². The van der Waals surface area contributed by atoms with Gasteiger partial charge in [-0.3, -0.25) is 9.59 Å². The Morgan fingerprint density at radius 2 is 1.92 bits per heavy atom. The summed E-state index contributed by atoms with van der Waals surface area (Å²) in [6.45, 7) is 2.91. The van der Waals surface area contributed by atoms with Gasteiger partial charge in [0.25, 0.3) is 0 Å². The van der Waals surface area contributed by atoms with E-state index in [1.165, 1.54) is 0 Å². The number of amides is 1. The Hall–Kier alpha value is -2.24. The summed E-state index contributed by atoms with van der Waals surface area (Å²) in [4.78, 5) is 25.3. The van der Waals surface area contributed by atoms with Gasteiger partial charge in [-0.25, -0.2) is 0 Å². The Morgan fingerprint density at radius 3 is 2.54 bits per heavy atom. The maximum absolute atomic E-state index is 12.3. The molecule has 132 valence electrons. The van der Waals surface area contributed by atoms with Crippen molar-refractivity contribution in [2.75, 3.05) is 20.3 Å². The van der Waals surface area contributed by atoms with Crippen LogP contribution in [0.3, 0.4) is 0 Å². The summed E-state index contributed by atoms with van der Waals surface area (Å²) in [5, 5.41) is 9.22. The number of benzene rings is 1. The van der Waals surface area contributed by atoms with Gasteiger partial charge in [0.1, 0.15) is 11.5 Å². The molecule has 1 amide bonds. The Labute approximate surface area is 142 Å². The third-order valence-electron chi connectivity index (χ3n) is 4.49. The van der Waals surface area contributed by atoms with E-state index in [1.54, 1.807) is 12.0 Å². The molecule has 24 heavy (non-hydrogen) atoms. The van der Waals surface area contributed by atoms with Crippen LogP contribution in [0.5, 0.6) is 11.5 Å². The highest BCUT2D eigenvalue weighted by Crippen LogP contribution is 2.24. The van der Waals surface area contributed by atoms with Crippen LogP contribution in [0.15, 0.2) is 24.3 Å². The molecule has 1 aliphatic rings. The number of methoxy groups -OCH3 is 1. The number of hydrogen-bond donors (Lipinski definition) is 1. The van der Waals surface area contributed by atoms with Crippen molar-refractivity contribution in [1.29, 1.82) is 0 Å². The molecule has 1 aromatic carbocycles. The van der Waals surface area contributed by atoms with Crippen molar-refractivity contribution in [3.05, 3.63) is 24.3 Å². The van der Waals surface area contributed by atoms with E-state index < -0.39 is 11.9 Å². The van der Waals surface area contributed by atoms with Crippen LogP contribution < -0.4 is 9.47 Å². The van der Waals surface area contributed by atoms with E-state index in [1.807, 2.05) is 31.2 Å². The number of carbonyl (C=O) groups is 2. The lowest BCUT2D eigenvalue weighted by Gasteiger charge is -2.37. The smallest absolute Gasteiger partial charge is 0.308 e. The highest BCUT2D eigenvalue weighted by atomic mass is 16.5. The van der Waals surface area contributed by atoms with E-state index in [2.05, 4.69) is 0 Å². The number of nitrogens with zero attached hydrogens (tertiary/aromatic N) is 1. The molecule has 1 heterocycles. The van der Waals surface area contributed by atoms with E-state index in [4.69, 9.17) is 9.47 Å². The summed E-state index contributed by atoms with van der Waals surface area (Å²) < 4.78 is 10.7. The molecule has 1 fully saturated rings. The molecule has 0 saturated carbocycles. The van der Waals surface area contributed by atoms with Gasteiger partial charge in [-0.15, -0.1) is 0 Å². The summed E-state index contributed by atoms with van der Waals surface area (Å²) in [6.07, 6.45) is 2.36. The third-order valence-corrected chi connectivity index (χ3v) is 4.49. The maximum Gasteiger partial charge on any atom is 0.308 e. The summed E-state index contributed by atoms with van der Waals surface area (Å²) in [6, 6.07) is 7.05. The predicted molar refractivity (Wildman–Crippen MR) is 89.3 cm³/mol. The second-order valence-corrected chi connectivity index (χ2v) is 6.04. The van der Waals surface area contributed by atoms with Crippen LogP contribution in [0.1, 0.15) is 32.6 Å². The molecule has 1 aliphatic heterocycles. The minimum Gasteiger partial charge on any atom is -0.497 e. The minimum absolute atomic E-state index is 0.00628. The largest absolute Gasteiger partial charge is 0.497 e. The fourth-order valence-corrected chi connectivity index (χ4v) is 3.05. The van der Waals surface area contributed by atoms with Crippen molar-refractivity contribution in [2.45, 2.75) is 38.6 Å². The number of carboxylic acids is 1. The number of carboxylic acid groups (broad SMARTS) is 1. The Morgan fingerprint density at radius 1 is 1.25 bits per heavy atom. The Balaban J connectivity index is 1.75. The number of rotatable bonds is 7. The number of ether oxygens (including phenoxy) is 2. The van der Waals surface area contributed by atoms with Gasteiger partial charge in [-0.05, 0) is 50.5 Å². The van der Waals surface area contributed by atoms with Gasteiger partial charge >= 0.3 is 5.97 Å². The molecule has 0 unspecified atom stereocenters. The summed E-state index contributed by atoms with van der Waals surface area (Å²) >= 11 is 0. The van der Waals surface area contributed by atoms with Crippen molar-refractivity contribution >= 4 is 11.9 Å². The molecule has 1 saturated heterocycles. The minimum atomic E-state index is -0.817. The summed E-state index contributed by atoms with van der Waals surface area (Å²) in [5.41, 5.74) is 0. The number of carbonyl (C=O) groups excluding carboxylic acids is 1. The first kappa shape index (κ1) is 18.1. The van der Waals surface area contributed by atoms with Crippen molar-refractivity contribution in [1.82, 2.24) is 4.90 Å². The van der Waals surface area contributed by atoms with Crippen LogP contribution in [-0.2, 0) is 9.59 Å². The zero-order valence-corrected chi connectivity index (χ0v) is 14.2. The second-order valence-electron chi connectivity index (χ2n) is 6.04. The van der Waals surface area contributed by atoms with Gasteiger partial charge in [0.2, 0.25) is 5.91 Å². The van der Waals surface area contributed by atoms with Crippen molar-refractivity contribution in [3.63, 3.8) is 0 Å². The van der Waals surface area contributed by atoms with Crippen molar-refractivity contribution < 1.29 is 24.2 Å². The summed E-state index contributed by atoms with van der Waals surface area (Å²) in [7, 11) is 1.61. The predicted octanol–water partition coefficient (Wildman–Crippen LogP) is 2.57. The van der Waals surface area contributed by atoms with Gasteiger partial charge in [-0.2, -0.15) is 0 Å². The van der Waals surface area contributed by atoms with Gasteiger partial charge < -0.3 is 19.5 Å². The van der Waals surface area contributed by atoms with Crippen LogP contribution in [-0.4, -0.2) is 48.2 Å². The van der Waals surface area contributed by atoms with Gasteiger partial charge in [0.05, 0.1) is 19.6 Å². The Kier molecular flexibility index (Phi) is 6.46. The van der Waals surface area contributed by atoms with Crippen LogP contribution in [0, 0.1) is 5.92 Å². The molecule has 0 radical (unpaired) electrons. The first-order valence-corrected chi connectivity index (χ1v) is 8.32. The highest BCUT2D eigenvalue weighted by molar-refractivity contribution is 5.78. The second kappa shape index (κ2) is 8.57. The lowest BCUT2D eigenvalue weighted by Crippen LogP contribution is -2.49. The third kappa shape index (κ3) is 4.63. The monoisotopic (exact) mass is 335 g/mol. The van der Waals surface area contributed by atoms with Crippen LogP contribution in [0.25, 0.3) is 0 Å². The molecule has 0 aromatic heterocycles. The van der Waals surface area contributed by atoms with E-state index in [0.717, 1.165) is 17.9 Å². The first-order chi connectivity index (χ1) is 11.5. The van der Waals surface area contributed by atoms with Gasteiger partial charge in [0, 0.05) is 19.0 Å². The lowest BCUT2D eigenvalue weighted by atomic mass is 9.90. The molecule has 0 spiro atoms. The molecule has 2 atom stereocenters. The average molecular weight is 335 g/mol.